The molecule has 0 heterocycles. The van der Waals surface area contributed by atoms with E-state index in [0.717, 1.165) is 25.7 Å². The van der Waals surface area contributed by atoms with Gasteiger partial charge in [-0.2, -0.15) is 0 Å². The first-order valence-corrected chi connectivity index (χ1v) is 10.6. The molecule has 0 aromatic heterocycles. The Labute approximate surface area is 209 Å². The molecule has 5 aliphatic rings. The Bertz CT molecular complexity index is 787. The maximum atomic E-state index is 11.9. The van der Waals surface area contributed by atoms with E-state index >= 15 is 0 Å². The molecule has 0 radical (unpaired) electrons. The molecule has 146 valence electrons. The van der Waals surface area contributed by atoms with Gasteiger partial charge in [-0.25, -0.2) is 0 Å². The van der Waals surface area contributed by atoms with Crippen molar-refractivity contribution in [1.82, 2.24) is 0 Å². The van der Waals surface area contributed by atoms with E-state index in [0.29, 0.717) is 36.5 Å². The summed E-state index contributed by atoms with van der Waals surface area (Å²) in [7, 11) is 0. The Balaban J connectivity index is 0.00000192. The molecule has 1 N–H and O–H groups in total. The summed E-state index contributed by atoms with van der Waals surface area (Å²) in [6.07, 6.45) is 11.2. The molecular formula is C23H29KO4. The normalized spacial score (nSPS) is 50.5. The monoisotopic (exact) mass is 408 g/mol. The van der Waals surface area contributed by atoms with Crippen LogP contribution < -0.4 is 56.5 Å². The van der Waals surface area contributed by atoms with Crippen molar-refractivity contribution in [1.29, 1.82) is 0 Å². The van der Waals surface area contributed by atoms with Gasteiger partial charge in [0.05, 0.1) is 5.60 Å². The standard InChI is InChI=1S/C23H30O4.K/c1-21-8-5-14(24)11-13(21)3-4-15-17(21)6-9-22(2)20(15)16-12-18(16)23(22,27)10-7-19(25)26;/h3-4,11,15-18,20,27H,5-10,12H2,1-2H3,(H,25,26);/q;+1/p-1/t15?,16-,17?,18+,20?,21-,22-,23-;/m0./s1. The molecule has 0 aromatic carbocycles. The first kappa shape index (κ1) is 21.4. The van der Waals surface area contributed by atoms with Crippen LogP contribution in [0, 0.1) is 40.4 Å². The van der Waals surface area contributed by atoms with Crippen LogP contribution in [0.15, 0.2) is 23.8 Å². The Kier molecular flexibility index (Phi) is 5.26. The van der Waals surface area contributed by atoms with Crippen molar-refractivity contribution in [3.63, 3.8) is 0 Å². The fourth-order valence-corrected chi connectivity index (χ4v) is 7.89. The van der Waals surface area contributed by atoms with E-state index in [9.17, 15) is 19.8 Å². The number of carboxylic acid groups (broad SMARTS) is 1. The SMILES string of the molecule is C[C@]12CCC(=O)C=C1C=CC1C2CC[C@@]2(C)C1[C@H]1C[C@H]1[C@@]2(O)CCC(=O)[O-].[K+]. The van der Waals surface area contributed by atoms with Crippen LogP contribution in [0.3, 0.4) is 0 Å². The second kappa shape index (κ2) is 6.86. The first-order chi connectivity index (χ1) is 12.7. The van der Waals surface area contributed by atoms with Gasteiger partial charge in [0.25, 0.3) is 0 Å². The molecule has 5 heteroatoms. The topological polar surface area (TPSA) is 77.4 Å². The van der Waals surface area contributed by atoms with Crippen LogP contribution in [0.5, 0.6) is 0 Å². The minimum absolute atomic E-state index is 0. The quantitative estimate of drug-likeness (QED) is 0.634. The summed E-state index contributed by atoms with van der Waals surface area (Å²) < 4.78 is 0. The molecule has 28 heavy (non-hydrogen) atoms. The average molecular weight is 409 g/mol. The van der Waals surface area contributed by atoms with Gasteiger partial charge in [-0.05, 0) is 85.2 Å². The summed E-state index contributed by atoms with van der Waals surface area (Å²) in [5.74, 6) is 1.30. The predicted molar refractivity (Wildman–Crippen MR) is 98.2 cm³/mol. The number of hydrogen-bond donors (Lipinski definition) is 1. The van der Waals surface area contributed by atoms with Crippen molar-refractivity contribution in [2.24, 2.45) is 40.4 Å². The molecule has 0 spiro atoms. The maximum Gasteiger partial charge on any atom is 1.00 e. The predicted octanol–water partition coefficient (Wildman–Crippen LogP) is -0.585. The fourth-order valence-electron chi connectivity index (χ4n) is 7.89. The zero-order valence-corrected chi connectivity index (χ0v) is 20.4. The van der Waals surface area contributed by atoms with Crippen LogP contribution in [-0.4, -0.2) is 22.5 Å². The molecule has 0 bridgehead atoms. The second-order valence-corrected chi connectivity index (χ2v) is 10.3. The third-order valence-corrected chi connectivity index (χ3v) is 9.39. The number of hydrogen-bond acceptors (Lipinski definition) is 4. The smallest absolute Gasteiger partial charge is 0.550 e. The second-order valence-electron chi connectivity index (χ2n) is 10.3. The van der Waals surface area contributed by atoms with Gasteiger partial charge in [0, 0.05) is 17.8 Å². The number of allylic oxidation sites excluding steroid dienone is 4. The van der Waals surface area contributed by atoms with E-state index in [4.69, 9.17) is 0 Å². The molecule has 5 rings (SSSR count). The molecule has 3 saturated carbocycles. The molecular weight excluding hydrogens is 379 g/mol. The van der Waals surface area contributed by atoms with Gasteiger partial charge < -0.3 is 15.0 Å². The summed E-state index contributed by atoms with van der Waals surface area (Å²) in [6.45, 7) is 4.54. The molecule has 0 amide bonds. The third kappa shape index (κ3) is 2.72. The van der Waals surface area contributed by atoms with Gasteiger partial charge >= 0.3 is 51.4 Å². The summed E-state index contributed by atoms with van der Waals surface area (Å²) in [5, 5.41) is 22.7. The van der Waals surface area contributed by atoms with Gasteiger partial charge in [0.2, 0.25) is 0 Å². The number of fused-ring (bicyclic) bond motifs is 7. The van der Waals surface area contributed by atoms with Crippen molar-refractivity contribution < 1.29 is 71.2 Å². The summed E-state index contributed by atoms with van der Waals surface area (Å²) in [6, 6.07) is 0. The van der Waals surface area contributed by atoms with Gasteiger partial charge in [0.1, 0.15) is 0 Å². The minimum atomic E-state index is -1.06. The van der Waals surface area contributed by atoms with Gasteiger partial charge in [0.15, 0.2) is 5.78 Å². The van der Waals surface area contributed by atoms with Crippen molar-refractivity contribution in [2.75, 3.05) is 0 Å². The number of aliphatic carboxylic acids is 1. The van der Waals surface area contributed by atoms with E-state index in [1.807, 2.05) is 6.08 Å². The summed E-state index contributed by atoms with van der Waals surface area (Å²) in [4.78, 5) is 23.0. The van der Waals surface area contributed by atoms with Crippen molar-refractivity contribution >= 4 is 11.8 Å². The van der Waals surface area contributed by atoms with Crippen LogP contribution >= 0.6 is 0 Å². The minimum Gasteiger partial charge on any atom is -0.550 e. The number of ketones is 1. The van der Waals surface area contributed by atoms with E-state index in [1.54, 1.807) is 0 Å². The van der Waals surface area contributed by atoms with Crippen molar-refractivity contribution in [2.45, 2.75) is 64.4 Å². The zero-order valence-electron chi connectivity index (χ0n) is 17.2. The van der Waals surface area contributed by atoms with Crippen LogP contribution in [0.2, 0.25) is 0 Å². The molecule has 3 fully saturated rings. The van der Waals surface area contributed by atoms with Gasteiger partial charge in [-0.15, -0.1) is 0 Å². The molecule has 3 unspecified atom stereocenters. The Morgan fingerprint density at radius 3 is 2.75 bits per heavy atom. The van der Waals surface area contributed by atoms with E-state index in [2.05, 4.69) is 26.0 Å². The van der Waals surface area contributed by atoms with Crippen molar-refractivity contribution in [3.8, 4) is 0 Å². The largest absolute Gasteiger partial charge is 1.00 e. The average Bonchev–Trinajstić information content (AvgIpc) is 3.37. The van der Waals surface area contributed by atoms with Crippen LogP contribution in [0.4, 0.5) is 0 Å². The molecule has 0 aromatic rings. The number of carboxylic acids is 1. The van der Waals surface area contributed by atoms with Crippen molar-refractivity contribution in [3.05, 3.63) is 23.8 Å². The molecule has 0 aliphatic heterocycles. The summed E-state index contributed by atoms with van der Waals surface area (Å²) in [5.41, 5.74) is 0.163. The maximum absolute atomic E-state index is 11.9. The number of carbonyl (C=O) groups excluding carboxylic acids is 2. The van der Waals surface area contributed by atoms with Gasteiger partial charge in [-0.1, -0.05) is 26.0 Å². The molecule has 0 saturated heterocycles. The van der Waals surface area contributed by atoms with Crippen LogP contribution in [-0.2, 0) is 9.59 Å². The van der Waals surface area contributed by atoms with E-state index in [-0.39, 0.29) is 80.3 Å². The van der Waals surface area contributed by atoms with Crippen LogP contribution in [0.1, 0.15) is 58.8 Å². The molecule has 4 nitrogen and oxygen atoms in total. The zero-order chi connectivity index (χ0) is 19.2. The Morgan fingerprint density at radius 1 is 1.29 bits per heavy atom. The first-order valence-electron chi connectivity index (χ1n) is 10.6. The summed E-state index contributed by atoms with van der Waals surface area (Å²) >= 11 is 0. The molecule has 8 atom stereocenters. The fraction of sp³-hybridized carbons (Fsp3) is 0.739. The van der Waals surface area contributed by atoms with Crippen LogP contribution in [0.25, 0.3) is 0 Å². The Hall–Kier alpha value is 0.216. The number of rotatable bonds is 3. The van der Waals surface area contributed by atoms with Gasteiger partial charge in [-0.3, -0.25) is 4.79 Å². The molecule has 5 aliphatic carbocycles. The van der Waals surface area contributed by atoms with E-state index < -0.39 is 11.6 Å². The number of carbonyl (C=O) groups is 2. The Morgan fingerprint density at radius 2 is 2.04 bits per heavy atom. The third-order valence-electron chi connectivity index (χ3n) is 9.39. The van der Waals surface area contributed by atoms with E-state index in [1.165, 1.54) is 5.57 Å². The number of aliphatic hydroxyl groups is 1.